The summed E-state index contributed by atoms with van der Waals surface area (Å²) in [6.07, 6.45) is 1.63. The van der Waals surface area contributed by atoms with Gasteiger partial charge in [0.2, 0.25) is 5.88 Å². The molecule has 0 spiro atoms. The van der Waals surface area contributed by atoms with E-state index in [1.807, 2.05) is 31.3 Å². The molecule has 100 valence electrons. The van der Waals surface area contributed by atoms with Crippen LogP contribution in [0.3, 0.4) is 0 Å². The molecular weight excluding hydrogens is 240 g/mol. The van der Waals surface area contributed by atoms with Crippen LogP contribution in [0.2, 0.25) is 0 Å². The van der Waals surface area contributed by atoms with E-state index in [-0.39, 0.29) is 0 Å². The third-order valence-electron chi connectivity index (χ3n) is 2.60. The van der Waals surface area contributed by atoms with Crippen LogP contribution < -0.4 is 16.3 Å². The van der Waals surface area contributed by atoms with E-state index in [1.165, 1.54) is 0 Å². The van der Waals surface area contributed by atoms with Crippen molar-refractivity contribution in [3.05, 3.63) is 53.7 Å². The zero-order valence-electron chi connectivity index (χ0n) is 10.9. The van der Waals surface area contributed by atoms with Crippen molar-refractivity contribution in [3.8, 4) is 5.88 Å². The van der Waals surface area contributed by atoms with Gasteiger partial charge in [0.1, 0.15) is 6.61 Å². The summed E-state index contributed by atoms with van der Waals surface area (Å²) < 4.78 is 5.57. The maximum atomic E-state index is 5.66. The number of rotatable bonds is 5. The molecule has 5 heteroatoms. The van der Waals surface area contributed by atoms with Gasteiger partial charge in [-0.3, -0.25) is 5.84 Å². The smallest absolute Gasteiger partial charge is 0.215 e. The Hall–Kier alpha value is -2.11. The Balaban J connectivity index is 1.93. The summed E-state index contributed by atoms with van der Waals surface area (Å²) in [7, 11) is 1.84. The van der Waals surface area contributed by atoms with Gasteiger partial charge >= 0.3 is 0 Å². The molecular formula is C14H18N4O. The number of benzene rings is 1. The summed E-state index contributed by atoms with van der Waals surface area (Å²) in [5, 5.41) is 1.64. The number of nitrogens with zero attached hydrogens (tertiary/aromatic N) is 2. The van der Waals surface area contributed by atoms with Gasteiger partial charge in [-0.1, -0.05) is 24.3 Å². The number of anilines is 1. The van der Waals surface area contributed by atoms with Crippen molar-refractivity contribution in [1.82, 2.24) is 9.99 Å². The summed E-state index contributed by atoms with van der Waals surface area (Å²) in [5.74, 6) is 6.13. The Morgan fingerprint density at radius 3 is 2.47 bits per heavy atom. The molecule has 0 saturated carbocycles. The van der Waals surface area contributed by atoms with Crippen LogP contribution in [0.15, 0.2) is 42.6 Å². The molecule has 2 rings (SSSR count). The second-order valence-corrected chi connectivity index (χ2v) is 4.45. The van der Waals surface area contributed by atoms with E-state index in [9.17, 15) is 0 Å². The molecule has 0 fully saturated rings. The molecule has 0 aliphatic rings. The lowest BCUT2D eigenvalue weighted by Crippen LogP contribution is -2.24. The molecule has 0 aliphatic carbocycles. The number of aromatic nitrogens is 1. The van der Waals surface area contributed by atoms with Crippen LogP contribution in [-0.2, 0) is 13.2 Å². The zero-order valence-corrected chi connectivity index (χ0v) is 10.9. The zero-order chi connectivity index (χ0) is 13.7. The molecule has 0 bridgehead atoms. The molecule has 19 heavy (non-hydrogen) atoms. The molecule has 1 heterocycles. The van der Waals surface area contributed by atoms with Crippen LogP contribution >= 0.6 is 0 Å². The Morgan fingerprint density at radius 1 is 1.16 bits per heavy atom. The van der Waals surface area contributed by atoms with Crippen molar-refractivity contribution in [2.24, 2.45) is 5.84 Å². The summed E-state index contributed by atoms with van der Waals surface area (Å²) in [6, 6.07) is 11.5. The monoisotopic (exact) mass is 258 g/mol. The highest BCUT2D eigenvalue weighted by Crippen LogP contribution is 2.13. The van der Waals surface area contributed by atoms with Crippen LogP contribution in [0.25, 0.3) is 0 Å². The summed E-state index contributed by atoms with van der Waals surface area (Å²) >= 11 is 0. The Labute approximate surface area is 112 Å². The molecule has 2 aromatic rings. The highest BCUT2D eigenvalue weighted by atomic mass is 16.5. The highest BCUT2D eigenvalue weighted by Gasteiger charge is 1.99. The molecule has 4 N–H and O–H groups in total. The van der Waals surface area contributed by atoms with E-state index in [0.717, 1.165) is 17.7 Å². The number of hydrogen-bond donors (Lipinski definition) is 2. The first-order valence-corrected chi connectivity index (χ1v) is 6.01. The predicted octanol–water partition coefficient (Wildman–Crippen LogP) is 1.55. The van der Waals surface area contributed by atoms with E-state index in [2.05, 4.69) is 4.98 Å². The number of hydrogen-bond acceptors (Lipinski definition) is 5. The second-order valence-electron chi connectivity index (χ2n) is 4.45. The molecule has 0 amide bonds. The predicted molar refractivity (Wildman–Crippen MR) is 75.1 cm³/mol. The molecule has 0 saturated heterocycles. The lowest BCUT2D eigenvalue weighted by atomic mass is 10.1. The largest absolute Gasteiger partial charge is 0.473 e. The maximum Gasteiger partial charge on any atom is 0.215 e. The minimum absolute atomic E-state index is 0.467. The maximum absolute atomic E-state index is 5.66. The Morgan fingerprint density at radius 2 is 1.84 bits per heavy atom. The molecule has 1 aromatic carbocycles. The van der Waals surface area contributed by atoms with Crippen molar-refractivity contribution in [2.75, 3.05) is 12.8 Å². The van der Waals surface area contributed by atoms with Crippen molar-refractivity contribution < 1.29 is 4.74 Å². The summed E-state index contributed by atoms with van der Waals surface area (Å²) in [4.78, 5) is 4.09. The van der Waals surface area contributed by atoms with Crippen molar-refractivity contribution in [2.45, 2.75) is 13.2 Å². The molecule has 1 aromatic heterocycles. The van der Waals surface area contributed by atoms with Gasteiger partial charge in [0.25, 0.3) is 0 Å². The van der Waals surface area contributed by atoms with E-state index in [0.29, 0.717) is 18.2 Å². The molecule has 0 unspecified atom stereocenters. The fraction of sp³-hybridized carbons (Fsp3) is 0.214. The normalized spacial score (nSPS) is 10.7. The first-order chi connectivity index (χ1) is 9.13. The molecule has 0 aliphatic heterocycles. The minimum Gasteiger partial charge on any atom is -0.473 e. The fourth-order valence-corrected chi connectivity index (χ4v) is 1.69. The SMILES string of the molecule is CN(N)Cc1ccc(COc2cc(N)ccn2)cc1. The number of hydrazine groups is 1. The lowest BCUT2D eigenvalue weighted by molar-refractivity contribution is 0.294. The van der Waals surface area contributed by atoms with E-state index < -0.39 is 0 Å². The molecule has 0 radical (unpaired) electrons. The lowest BCUT2D eigenvalue weighted by Gasteiger charge is -2.10. The van der Waals surface area contributed by atoms with Crippen molar-refractivity contribution >= 4 is 5.69 Å². The van der Waals surface area contributed by atoms with E-state index in [1.54, 1.807) is 23.3 Å². The third-order valence-corrected chi connectivity index (χ3v) is 2.60. The average molecular weight is 258 g/mol. The quantitative estimate of drug-likeness (QED) is 0.628. The van der Waals surface area contributed by atoms with Crippen LogP contribution in [0, 0.1) is 0 Å². The van der Waals surface area contributed by atoms with Crippen LogP contribution in [0.1, 0.15) is 11.1 Å². The van der Waals surface area contributed by atoms with Gasteiger partial charge in [-0.15, -0.1) is 0 Å². The first-order valence-electron chi connectivity index (χ1n) is 6.01. The summed E-state index contributed by atoms with van der Waals surface area (Å²) in [5.41, 5.74) is 8.54. The van der Waals surface area contributed by atoms with Gasteiger partial charge in [-0.05, 0) is 17.2 Å². The number of nitrogen functional groups attached to an aromatic ring is 1. The molecule has 5 nitrogen and oxygen atoms in total. The van der Waals surface area contributed by atoms with Crippen molar-refractivity contribution in [3.63, 3.8) is 0 Å². The number of nitrogens with two attached hydrogens (primary N) is 2. The van der Waals surface area contributed by atoms with Crippen LogP contribution in [0.4, 0.5) is 5.69 Å². The number of pyridine rings is 1. The molecule has 0 atom stereocenters. The van der Waals surface area contributed by atoms with Gasteiger partial charge in [0.05, 0.1) is 0 Å². The van der Waals surface area contributed by atoms with Gasteiger partial charge in [0.15, 0.2) is 0 Å². The Bertz CT molecular complexity index is 525. The van der Waals surface area contributed by atoms with Crippen molar-refractivity contribution in [1.29, 1.82) is 0 Å². The first kappa shape index (κ1) is 13.3. The fourth-order valence-electron chi connectivity index (χ4n) is 1.69. The van der Waals surface area contributed by atoms with Gasteiger partial charge in [-0.2, -0.15) is 0 Å². The van der Waals surface area contributed by atoms with Crippen LogP contribution in [-0.4, -0.2) is 17.0 Å². The van der Waals surface area contributed by atoms with Crippen LogP contribution in [0.5, 0.6) is 5.88 Å². The standard InChI is InChI=1S/C14H18N4O/c1-18(16)9-11-2-4-12(5-3-11)10-19-14-8-13(15)6-7-17-14/h2-8H,9-10,16H2,1H3,(H2,15,17). The topological polar surface area (TPSA) is 77.4 Å². The highest BCUT2D eigenvalue weighted by molar-refractivity contribution is 5.39. The number of ether oxygens (including phenoxy) is 1. The third kappa shape index (κ3) is 4.24. The Kier molecular flexibility index (Phi) is 4.33. The minimum atomic E-state index is 0.467. The second kappa shape index (κ2) is 6.17. The average Bonchev–Trinajstić information content (AvgIpc) is 2.37. The van der Waals surface area contributed by atoms with Gasteiger partial charge in [0, 0.05) is 31.5 Å². The van der Waals surface area contributed by atoms with E-state index >= 15 is 0 Å². The van der Waals surface area contributed by atoms with E-state index in [4.69, 9.17) is 16.3 Å². The van der Waals surface area contributed by atoms with Gasteiger partial charge < -0.3 is 10.5 Å². The summed E-state index contributed by atoms with van der Waals surface area (Å²) in [6.45, 7) is 1.19. The van der Waals surface area contributed by atoms with Gasteiger partial charge in [-0.25, -0.2) is 9.99 Å².